The molecular formula is H6N4O3. The maximum absolute atomic E-state index is 4.41. The number of nitrogens with zero attached hydrogens (tertiary/aromatic N) is 1. The second-order valence-corrected chi connectivity index (χ2v) is 0.540. The van der Waals surface area contributed by atoms with Gasteiger partial charge in [0.1, 0.15) is 5.39 Å². The van der Waals surface area contributed by atoms with Gasteiger partial charge in [0.15, 0.2) is 0 Å². The van der Waals surface area contributed by atoms with Crippen molar-refractivity contribution in [2.24, 2.45) is 17.7 Å². The van der Waals surface area contributed by atoms with Crippen molar-refractivity contribution in [3.8, 4) is 0 Å². The Morgan fingerprint density at radius 2 is 1.14 bits per heavy atom. The van der Waals surface area contributed by atoms with Crippen LogP contribution in [-0.2, 0) is 14.8 Å². The zero-order chi connectivity index (χ0) is 5.70. The molecule has 0 fully saturated rings. The summed E-state index contributed by atoms with van der Waals surface area (Å²) >= 11 is 0. The Hall–Kier alpha value is -0.280. The van der Waals surface area contributed by atoms with Gasteiger partial charge in [0.2, 0.25) is 0 Å². The normalized spacial score (nSPS) is 10.3. The van der Waals surface area contributed by atoms with Crippen LogP contribution in [0.2, 0.25) is 0 Å². The van der Waals surface area contributed by atoms with E-state index in [1.807, 2.05) is 0 Å². The molecule has 0 atom stereocenters. The lowest BCUT2D eigenvalue weighted by Gasteiger charge is -2.06. The highest BCUT2D eigenvalue weighted by Gasteiger charge is 1.96. The van der Waals surface area contributed by atoms with Gasteiger partial charge in [-0.05, 0) is 0 Å². The van der Waals surface area contributed by atoms with Crippen LogP contribution in [0.25, 0.3) is 0 Å². The molecule has 6 N–H and O–H groups in total. The van der Waals surface area contributed by atoms with Crippen LogP contribution in [0.15, 0.2) is 0 Å². The van der Waals surface area contributed by atoms with Gasteiger partial charge in [-0.1, -0.05) is 0 Å². The molecule has 7 heteroatoms. The van der Waals surface area contributed by atoms with Crippen molar-refractivity contribution in [3.63, 3.8) is 0 Å². The highest BCUT2D eigenvalue weighted by atomic mass is 17.2. The summed E-state index contributed by atoms with van der Waals surface area (Å²) in [5.74, 6) is 13.2. The van der Waals surface area contributed by atoms with E-state index in [4.69, 9.17) is 0 Å². The molecule has 0 radical (unpaired) electrons. The first-order valence-electron chi connectivity index (χ1n) is 1.25. The second-order valence-electron chi connectivity index (χ2n) is 0.540. The zero-order valence-corrected chi connectivity index (χ0v) is 3.40. The first-order chi connectivity index (χ1) is 3.35. The maximum Gasteiger partial charge on any atom is 0.130 e. The molecule has 0 aromatic carbocycles. The van der Waals surface area contributed by atoms with Crippen LogP contribution in [0, 0.1) is 0 Å². The van der Waals surface area contributed by atoms with E-state index in [1.54, 1.807) is 0 Å². The second kappa shape index (κ2) is 3.89. The molecule has 0 aromatic heterocycles. The molecule has 7 nitrogen and oxygen atoms in total. The Morgan fingerprint density at radius 3 is 1.14 bits per heavy atom. The quantitative estimate of drug-likeness (QED) is 0.350. The Kier molecular flexibility index (Phi) is 3.74. The largest absolute Gasteiger partial charge is 0.191 e. The number of hydrogen-bond acceptors (Lipinski definition) is 7. The molecule has 0 saturated heterocycles. The van der Waals surface area contributed by atoms with Crippen molar-refractivity contribution in [2.45, 2.75) is 0 Å². The molecule has 0 saturated carbocycles. The number of hydrogen-bond donors (Lipinski definition) is 3. The third-order valence-corrected chi connectivity index (χ3v) is 0.258. The van der Waals surface area contributed by atoms with Crippen LogP contribution in [-0.4, -0.2) is 5.39 Å². The van der Waals surface area contributed by atoms with Crippen LogP contribution in [0.5, 0.6) is 0 Å². The van der Waals surface area contributed by atoms with Gasteiger partial charge in [0, 0.05) is 0 Å². The van der Waals surface area contributed by atoms with Crippen molar-refractivity contribution in [1.29, 1.82) is 0 Å². The summed E-state index contributed by atoms with van der Waals surface area (Å²) in [6, 6.07) is 0. The average molecular weight is 110 g/mol. The molecule has 0 unspecified atom stereocenters. The van der Waals surface area contributed by atoms with Gasteiger partial charge in [-0.3, -0.25) is 0 Å². The lowest BCUT2D eigenvalue weighted by atomic mass is 12.8. The molecule has 0 aliphatic carbocycles. The topological polar surface area (TPSA) is 109 Å². The first-order valence-corrected chi connectivity index (χ1v) is 1.25. The number of rotatable bonds is 3. The van der Waals surface area contributed by atoms with Crippen LogP contribution >= 0.6 is 0 Å². The first kappa shape index (κ1) is 6.72. The van der Waals surface area contributed by atoms with Gasteiger partial charge < -0.3 is 0 Å². The number of nitrogens with two attached hydrogens (primary N) is 3. The van der Waals surface area contributed by atoms with E-state index >= 15 is 0 Å². The van der Waals surface area contributed by atoms with E-state index in [0.29, 0.717) is 0 Å². The van der Waals surface area contributed by atoms with E-state index in [-0.39, 0.29) is 5.39 Å². The van der Waals surface area contributed by atoms with E-state index in [9.17, 15) is 0 Å². The van der Waals surface area contributed by atoms with Gasteiger partial charge in [0.25, 0.3) is 0 Å². The summed E-state index contributed by atoms with van der Waals surface area (Å²) in [5, 5.41) is 0.208. The lowest BCUT2D eigenvalue weighted by molar-refractivity contribution is -0.535. The van der Waals surface area contributed by atoms with Gasteiger partial charge in [0.05, 0.1) is 0 Å². The predicted molar refractivity (Wildman–Crippen MR) is 17.7 cm³/mol. The standard InChI is InChI=1S/H6N4O3/c1-5-4(6-2)7-3/h1-3H2. The van der Waals surface area contributed by atoms with Crippen LogP contribution < -0.4 is 17.7 Å². The van der Waals surface area contributed by atoms with Crippen LogP contribution in [0.1, 0.15) is 0 Å². The molecule has 7 heavy (non-hydrogen) atoms. The molecule has 0 amide bonds. The minimum absolute atomic E-state index is 0.208. The summed E-state index contributed by atoms with van der Waals surface area (Å²) < 4.78 is 0. The minimum atomic E-state index is 0.208. The van der Waals surface area contributed by atoms with E-state index in [2.05, 4.69) is 32.5 Å². The molecule has 0 heterocycles. The molecule has 44 valence electrons. The van der Waals surface area contributed by atoms with Crippen LogP contribution in [0.4, 0.5) is 0 Å². The molecule has 0 aliphatic heterocycles. The van der Waals surface area contributed by atoms with Crippen molar-refractivity contribution in [2.75, 3.05) is 0 Å². The van der Waals surface area contributed by atoms with Gasteiger partial charge in [-0.15, -0.1) is 0 Å². The van der Waals surface area contributed by atoms with Gasteiger partial charge in [-0.25, -0.2) is 0 Å². The van der Waals surface area contributed by atoms with Crippen molar-refractivity contribution < 1.29 is 14.8 Å². The lowest BCUT2D eigenvalue weighted by Crippen LogP contribution is -2.33. The smallest absolute Gasteiger partial charge is 0.130 e. The molecule has 0 aliphatic rings. The predicted octanol–water partition coefficient (Wildman–Crippen LogP) is -2.30. The van der Waals surface area contributed by atoms with E-state index in [1.165, 1.54) is 0 Å². The summed E-state index contributed by atoms with van der Waals surface area (Å²) in [4.78, 5) is 11.1. The highest BCUT2D eigenvalue weighted by Crippen LogP contribution is 1.75. The Balaban J connectivity index is 2.99. The van der Waals surface area contributed by atoms with Crippen molar-refractivity contribution >= 4 is 0 Å². The summed E-state index contributed by atoms with van der Waals surface area (Å²) in [7, 11) is 0. The fourth-order valence-corrected chi connectivity index (χ4v) is 0.0745. The summed E-state index contributed by atoms with van der Waals surface area (Å²) in [6.45, 7) is 0. The van der Waals surface area contributed by atoms with Gasteiger partial charge >= 0.3 is 0 Å². The summed E-state index contributed by atoms with van der Waals surface area (Å²) in [6.07, 6.45) is 0. The Bertz CT molecular complexity index is 28.4. The SMILES string of the molecule is NON(ON)ON. The maximum atomic E-state index is 4.41. The van der Waals surface area contributed by atoms with E-state index < -0.39 is 0 Å². The third-order valence-electron chi connectivity index (χ3n) is 0.258. The molecular weight excluding hydrogens is 104 g/mol. The minimum Gasteiger partial charge on any atom is -0.191 e. The Labute approximate surface area is 39.2 Å². The third kappa shape index (κ3) is 2.42. The molecule has 0 aromatic rings. The van der Waals surface area contributed by atoms with Gasteiger partial charge in [-0.2, -0.15) is 32.5 Å². The highest BCUT2D eigenvalue weighted by molar-refractivity contribution is 3.58. The average Bonchev–Trinajstić information content (AvgIpc) is 1.72. The fraction of sp³-hybridized carbons (Fsp3) is 0. The van der Waals surface area contributed by atoms with Crippen molar-refractivity contribution in [1.82, 2.24) is 5.39 Å². The summed E-state index contributed by atoms with van der Waals surface area (Å²) in [5.41, 5.74) is 0. The molecule has 0 spiro atoms. The zero-order valence-electron chi connectivity index (χ0n) is 3.40. The molecule has 0 bridgehead atoms. The van der Waals surface area contributed by atoms with E-state index in [0.717, 1.165) is 0 Å². The fourth-order valence-electron chi connectivity index (χ4n) is 0.0745. The Morgan fingerprint density at radius 1 is 0.857 bits per heavy atom. The van der Waals surface area contributed by atoms with Crippen LogP contribution in [0.3, 0.4) is 0 Å². The monoisotopic (exact) mass is 110 g/mol. The van der Waals surface area contributed by atoms with Crippen molar-refractivity contribution in [3.05, 3.63) is 0 Å². The molecule has 0 rings (SSSR count).